The van der Waals surface area contributed by atoms with Crippen molar-refractivity contribution in [3.63, 3.8) is 0 Å². The maximum atomic E-state index is 13.8. The monoisotopic (exact) mass is 306 g/mol. The van der Waals surface area contributed by atoms with E-state index in [4.69, 9.17) is 0 Å². The van der Waals surface area contributed by atoms with E-state index < -0.39 is 11.6 Å². The molecule has 0 spiro atoms. The van der Waals surface area contributed by atoms with Gasteiger partial charge < -0.3 is 0 Å². The third-order valence-electron chi connectivity index (χ3n) is 4.72. The Balaban J connectivity index is 1.99. The van der Waals surface area contributed by atoms with E-state index in [-0.39, 0.29) is 5.92 Å². The van der Waals surface area contributed by atoms with Gasteiger partial charge in [0, 0.05) is 5.92 Å². The summed E-state index contributed by atoms with van der Waals surface area (Å²) in [5.41, 5.74) is 6.23. The second-order valence-corrected chi connectivity index (χ2v) is 6.13. The largest absolute Gasteiger partial charge is 0.204 e. The van der Waals surface area contributed by atoms with Gasteiger partial charge in [0.05, 0.1) is 0 Å². The van der Waals surface area contributed by atoms with Gasteiger partial charge in [-0.1, -0.05) is 48.5 Å². The maximum absolute atomic E-state index is 13.8. The molecule has 0 fully saturated rings. The lowest BCUT2D eigenvalue weighted by Gasteiger charge is -2.29. The van der Waals surface area contributed by atoms with E-state index in [2.05, 4.69) is 18.2 Å². The molecule has 23 heavy (non-hydrogen) atoms. The lowest BCUT2D eigenvalue weighted by molar-refractivity contribution is 0.506. The van der Waals surface area contributed by atoms with Gasteiger partial charge in [0.1, 0.15) is 0 Å². The fourth-order valence-electron chi connectivity index (χ4n) is 3.65. The molecule has 4 rings (SSSR count). The molecular formula is C21H16F2. The second-order valence-electron chi connectivity index (χ2n) is 6.13. The molecule has 0 heterocycles. The molecule has 3 aromatic carbocycles. The average Bonchev–Trinajstić information content (AvgIpc) is 2.56. The Morgan fingerprint density at radius 2 is 1.61 bits per heavy atom. The Hall–Kier alpha value is -2.48. The SMILES string of the molecule is Cc1cccc2c1-c1cc(F)c(F)cc1CC2c1ccccc1. The van der Waals surface area contributed by atoms with Crippen LogP contribution in [0.5, 0.6) is 0 Å². The van der Waals surface area contributed by atoms with E-state index in [0.29, 0.717) is 6.42 Å². The molecule has 0 N–H and O–H groups in total. The minimum Gasteiger partial charge on any atom is -0.204 e. The molecular weight excluding hydrogens is 290 g/mol. The van der Waals surface area contributed by atoms with Gasteiger partial charge in [-0.2, -0.15) is 0 Å². The standard InChI is InChI=1S/C21H16F2/c1-13-6-5-9-16-17(14-7-3-2-4-8-14)10-15-11-19(22)20(23)12-18(15)21(13)16/h2-9,11-12,17H,10H2,1H3. The van der Waals surface area contributed by atoms with E-state index >= 15 is 0 Å². The van der Waals surface area contributed by atoms with Gasteiger partial charge in [-0.15, -0.1) is 0 Å². The zero-order valence-electron chi connectivity index (χ0n) is 12.8. The number of rotatable bonds is 1. The molecule has 0 aromatic heterocycles. The highest BCUT2D eigenvalue weighted by Gasteiger charge is 2.28. The molecule has 0 amide bonds. The van der Waals surface area contributed by atoms with Crippen LogP contribution in [0.1, 0.15) is 28.2 Å². The van der Waals surface area contributed by atoms with Gasteiger partial charge >= 0.3 is 0 Å². The topological polar surface area (TPSA) is 0 Å². The molecule has 0 radical (unpaired) electrons. The normalized spacial score (nSPS) is 15.9. The molecule has 2 heteroatoms. The Kier molecular flexibility index (Phi) is 3.26. The van der Waals surface area contributed by atoms with Crippen LogP contribution >= 0.6 is 0 Å². The molecule has 0 aliphatic heterocycles. The number of fused-ring (bicyclic) bond motifs is 3. The van der Waals surface area contributed by atoms with Gasteiger partial charge in [0.2, 0.25) is 0 Å². The van der Waals surface area contributed by atoms with Crippen molar-refractivity contribution in [3.8, 4) is 11.1 Å². The molecule has 1 aliphatic rings. The summed E-state index contributed by atoms with van der Waals surface area (Å²) < 4.78 is 27.5. The fourth-order valence-corrected chi connectivity index (χ4v) is 3.65. The van der Waals surface area contributed by atoms with Crippen LogP contribution in [0, 0.1) is 18.6 Å². The van der Waals surface area contributed by atoms with E-state index in [0.717, 1.165) is 22.3 Å². The Morgan fingerprint density at radius 3 is 2.39 bits per heavy atom. The van der Waals surface area contributed by atoms with Crippen LogP contribution in [0.3, 0.4) is 0 Å². The Bertz CT molecular complexity index is 882. The molecule has 3 aromatic rings. The van der Waals surface area contributed by atoms with Crippen molar-refractivity contribution in [3.05, 3.63) is 94.6 Å². The average molecular weight is 306 g/mol. The highest BCUT2D eigenvalue weighted by atomic mass is 19.2. The van der Waals surface area contributed by atoms with Crippen molar-refractivity contribution in [2.45, 2.75) is 19.3 Å². The van der Waals surface area contributed by atoms with Crippen molar-refractivity contribution in [2.24, 2.45) is 0 Å². The van der Waals surface area contributed by atoms with Crippen molar-refractivity contribution in [1.82, 2.24) is 0 Å². The first-order valence-corrected chi connectivity index (χ1v) is 7.78. The number of aryl methyl sites for hydroxylation is 1. The zero-order valence-corrected chi connectivity index (χ0v) is 12.8. The van der Waals surface area contributed by atoms with Crippen LogP contribution in [-0.2, 0) is 6.42 Å². The minimum atomic E-state index is -0.781. The van der Waals surface area contributed by atoms with Gasteiger partial charge in [-0.3, -0.25) is 0 Å². The quantitative estimate of drug-likeness (QED) is 0.546. The number of hydrogen-bond acceptors (Lipinski definition) is 0. The van der Waals surface area contributed by atoms with Crippen LogP contribution in [0.15, 0.2) is 60.7 Å². The maximum Gasteiger partial charge on any atom is 0.159 e. The smallest absolute Gasteiger partial charge is 0.159 e. The number of benzene rings is 3. The van der Waals surface area contributed by atoms with Crippen molar-refractivity contribution in [1.29, 1.82) is 0 Å². The van der Waals surface area contributed by atoms with Gasteiger partial charge in [-0.05, 0) is 58.9 Å². The van der Waals surface area contributed by atoms with Crippen molar-refractivity contribution < 1.29 is 8.78 Å². The molecule has 0 nitrogen and oxygen atoms in total. The molecule has 114 valence electrons. The van der Waals surface area contributed by atoms with E-state index in [1.165, 1.54) is 23.3 Å². The number of hydrogen-bond donors (Lipinski definition) is 0. The summed E-state index contributed by atoms with van der Waals surface area (Å²) in [6.07, 6.45) is 0.687. The van der Waals surface area contributed by atoms with Crippen LogP contribution in [0.4, 0.5) is 8.78 Å². The highest BCUT2D eigenvalue weighted by molar-refractivity contribution is 5.78. The van der Waals surface area contributed by atoms with Gasteiger partial charge in [0.15, 0.2) is 11.6 Å². The zero-order chi connectivity index (χ0) is 16.0. The lowest BCUT2D eigenvalue weighted by Crippen LogP contribution is -2.14. The molecule has 0 bridgehead atoms. The second kappa shape index (κ2) is 5.31. The predicted molar refractivity (Wildman–Crippen MR) is 88.5 cm³/mol. The van der Waals surface area contributed by atoms with Crippen LogP contribution < -0.4 is 0 Å². The summed E-state index contributed by atoms with van der Waals surface area (Å²) in [7, 11) is 0. The first-order chi connectivity index (χ1) is 11.1. The molecule has 0 saturated heterocycles. The molecule has 1 unspecified atom stereocenters. The summed E-state index contributed by atoms with van der Waals surface area (Å²) in [6, 6.07) is 19.1. The van der Waals surface area contributed by atoms with Crippen LogP contribution in [-0.4, -0.2) is 0 Å². The fraction of sp³-hybridized carbons (Fsp3) is 0.143. The molecule has 1 atom stereocenters. The molecule has 1 aliphatic carbocycles. The minimum absolute atomic E-state index is 0.170. The van der Waals surface area contributed by atoms with E-state index in [1.807, 2.05) is 37.3 Å². The Labute approximate surface area is 134 Å². The molecule has 0 saturated carbocycles. The van der Waals surface area contributed by atoms with Gasteiger partial charge in [-0.25, -0.2) is 8.78 Å². The lowest BCUT2D eigenvalue weighted by atomic mass is 9.74. The highest BCUT2D eigenvalue weighted by Crippen LogP contribution is 2.44. The van der Waals surface area contributed by atoms with Crippen molar-refractivity contribution >= 4 is 0 Å². The van der Waals surface area contributed by atoms with E-state index in [1.54, 1.807) is 0 Å². The summed E-state index contributed by atoms with van der Waals surface area (Å²) in [5.74, 6) is -1.38. The summed E-state index contributed by atoms with van der Waals surface area (Å²) in [6.45, 7) is 2.03. The van der Waals surface area contributed by atoms with Crippen LogP contribution in [0.2, 0.25) is 0 Å². The first-order valence-electron chi connectivity index (χ1n) is 7.78. The summed E-state index contributed by atoms with van der Waals surface area (Å²) in [5, 5.41) is 0. The van der Waals surface area contributed by atoms with E-state index in [9.17, 15) is 8.78 Å². The summed E-state index contributed by atoms with van der Waals surface area (Å²) >= 11 is 0. The first kappa shape index (κ1) is 14.1. The Morgan fingerprint density at radius 1 is 0.870 bits per heavy atom. The third kappa shape index (κ3) is 2.26. The third-order valence-corrected chi connectivity index (χ3v) is 4.72. The van der Waals surface area contributed by atoms with Crippen molar-refractivity contribution in [2.75, 3.05) is 0 Å². The van der Waals surface area contributed by atoms with Crippen LogP contribution in [0.25, 0.3) is 11.1 Å². The van der Waals surface area contributed by atoms with Gasteiger partial charge in [0.25, 0.3) is 0 Å². The predicted octanol–water partition coefficient (Wildman–Crippen LogP) is 5.63. The number of halogens is 2. The summed E-state index contributed by atoms with van der Waals surface area (Å²) in [4.78, 5) is 0.